The predicted octanol–water partition coefficient (Wildman–Crippen LogP) is 5.22. The third kappa shape index (κ3) is 5.81. The average molecular weight is 539 g/mol. The number of carbonyl (C=O) groups excluding carboxylic acids is 2. The van der Waals surface area contributed by atoms with Crippen LogP contribution in [0.4, 0.5) is 5.69 Å². The van der Waals surface area contributed by atoms with Crippen LogP contribution in [0.25, 0.3) is 11.0 Å². The number of likely N-dealkylation sites (tertiary alicyclic amines) is 1. The highest BCUT2D eigenvalue weighted by atomic mass is 16.5. The first-order valence-corrected chi connectivity index (χ1v) is 14.0. The summed E-state index contributed by atoms with van der Waals surface area (Å²) < 4.78 is 12.2. The van der Waals surface area contributed by atoms with Crippen LogP contribution in [0.1, 0.15) is 52.2 Å². The van der Waals surface area contributed by atoms with Crippen molar-refractivity contribution in [1.29, 1.82) is 0 Å². The zero-order valence-corrected chi connectivity index (χ0v) is 22.7. The fraction of sp³-hybridized carbons (Fsp3) is 0.344. The van der Waals surface area contributed by atoms with Gasteiger partial charge in [0.2, 0.25) is 0 Å². The lowest BCUT2D eigenvalue weighted by molar-refractivity contribution is 0.0695. The van der Waals surface area contributed by atoms with Crippen LogP contribution in [0.3, 0.4) is 0 Å². The van der Waals surface area contributed by atoms with Crippen molar-refractivity contribution in [1.82, 2.24) is 15.2 Å². The first-order chi connectivity index (χ1) is 19.5. The smallest absolute Gasteiger partial charge is 0.287 e. The summed E-state index contributed by atoms with van der Waals surface area (Å²) in [5, 5.41) is 3.94. The molecule has 8 nitrogen and oxygen atoms in total. The zero-order valence-electron chi connectivity index (χ0n) is 22.7. The maximum absolute atomic E-state index is 13.0. The van der Waals surface area contributed by atoms with Crippen LogP contribution in [-0.2, 0) is 0 Å². The Kier molecular flexibility index (Phi) is 7.40. The van der Waals surface area contributed by atoms with Gasteiger partial charge in [0.25, 0.3) is 11.8 Å². The topological polar surface area (TPSA) is 87.9 Å². The Labute approximate surface area is 233 Å². The average Bonchev–Trinajstić information content (AvgIpc) is 3.42. The molecule has 2 amide bonds. The maximum Gasteiger partial charge on any atom is 0.287 e. The molecule has 40 heavy (non-hydrogen) atoms. The lowest BCUT2D eigenvalue weighted by atomic mass is 10.0. The zero-order chi connectivity index (χ0) is 27.5. The number of pyridine rings is 1. The lowest BCUT2D eigenvalue weighted by Gasteiger charge is -2.33. The summed E-state index contributed by atoms with van der Waals surface area (Å²) in [4.78, 5) is 33.8. The van der Waals surface area contributed by atoms with Gasteiger partial charge in [-0.3, -0.25) is 14.6 Å². The molecule has 2 aromatic heterocycles. The van der Waals surface area contributed by atoms with Crippen molar-refractivity contribution in [3.63, 3.8) is 0 Å². The number of hydrogen-bond donors (Lipinski definition) is 1. The minimum atomic E-state index is -0.235. The second-order valence-corrected chi connectivity index (χ2v) is 10.7. The normalized spacial score (nSPS) is 16.7. The van der Waals surface area contributed by atoms with Gasteiger partial charge in [-0.1, -0.05) is 17.7 Å². The van der Waals surface area contributed by atoms with E-state index in [4.69, 9.17) is 9.15 Å². The fourth-order valence-corrected chi connectivity index (χ4v) is 5.54. The standard InChI is InChI=1S/C32H34N4O4/c1-22-2-5-26(6-3-22)35-18-12-27(13-19-35)39-28-7-4-24-20-30(40-29(24)21-28)31(37)34-25-10-16-36(17-11-25)32(38)23-8-14-33-15-9-23/h2-9,14-15,20-21,25,27H,10-13,16-19H2,1H3,(H,34,37). The number of benzene rings is 2. The van der Waals surface area contributed by atoms with E-state index in [1.54, 1.807) is 30.6 Å². The van der Waals surface area contributed by atoms with Gasteiger partial charge < -0.3 is 24.3 Å². The molecule has 8 heteroatoms. The lowest BCUT2D eigenvalue weighted by Crippen LogP contribution is -2.46. The molecular weight excluding hydrogens is 504 g/mol. The van der Waals surface area contributed by atoms with Crippen molar-refractivity contribution in [2.24, 2.45) is 0 Å². The van der Waals surface area contributed by atoms with Crippen molar-refractivity contribution in [3.8, 4) is 5.75 Å². The van der Waals surface area contributed by atoms with E-state index >= 15 is 0 Å². The summed E-state index contributed by atoms with van der Waals surface area (Å²) in [5.41, 5.74) is 3.80. The van der Waals surface area contributed by atoms with Gasteiger partial charge in [0.15, 0.2) is 5.76 Å². The molecule has 0 unspecified atom stereocenters. The van der Waals surface area contributed by atoms with Gasteiger partial charge in [-0.25, -0.2) is 0 Å². The maximum atomic E-state index is 13.0. The number of ether oxygens (including phenoxy) is 1. The van der Waals surface area contributed by atoms with Gasteiger partial charge in [-0.15, -0.1) is 0 Å². The SMILES string of the molecule is Cc1ccc(N2CCC(Oc3ccc4cc(C(=O)NC5CCN(C(=O)c6ccncc6)CC5)oc4c3)CC2)cc1. The van der Waals surface area contributed by atoms with Crippen LogP contribution in [-0.4, -0.2) is 60.0 Å². The van der Waals surface area contributed by atoms with Crippen molar-refractivity contribution in [3.05, 3.63) is 89.9 Å². The number of amides is 2. The van der Waals surface area contributed by atoms with Crippen molar-refractivity contribution in [2.75, 3.05) is 31.1 Å². The number of rotatable bonds is 6. The molecule has 0 atom stereocenters. The molecule has 0 saturated carbocycles. The third-order valence-electron chi connectivity index (χ3n) is 7.90. The Balaban J connectivity index is 1.01. The second kappa shape index (κ2) is 11.4. The number of carbonyl (C=O) groups is 2. The van der Waals surface area contributed by atoms with E-state index in [0.717, 1.165) is 37.1 Å². The summed E-state index contributed by atoms with van der Waals surface area (Å²) >= 11 is 0. The Hall–Kier alpha value is -4.33. The highest BCUT2D eigenvalue weighted by molar-refractivity contribution is 5.96. The van der Waals surface area contributed by atoms with Gasteiger partial charge in [0, 0.05) is 80.2 Å². The number of hydrogen-bond acceptors (Lipinski definition) is 6. The van der Waals surface area contributed by atoms with Crippen molar-refractivity contribution in [2.45, 2.75) is 44.8 Å². The highest BCUT2D eigenvalue weighted by Crippen LogP contribution is 2.28. The third-order valence-corrected chi connectivity index (χ3v) is 7.90. The molecule has 2 aliphatic heterocycles. The largest absolute Gasteiger partial charge is 0.490 e. The number of aryl methyl sites for hydroxylation is 1. The van der Waals surface area contributed by atoms with E-state index < -0.39 is 0 Å². The van der Waals surface area contributed by atoms with Crippen molar-refractivity contribution >= 4 is 28.5 Å². The Morgan fingerprint density at radius 2 is 1.62 bits per heavy atom. The van der Waals surface area contributed by atoms with E-state index in [1.807, 2.05) is 23.1 Å². The summed E-state index contributed by atoms with van der Waals surface area (Å²) in [6, 6.07) is 19.7. The fourth-order valence-electron chi connectivity index (χ4n) is 5.54. The van der Waals surface area contributed by atoms with Crippen LogP contribution >= 0.6 is 0 Å². The summed E-state index contributed by atoms with van der Waals surface area (Å²) in [6.45, 7) is 5.21. The molecule has 2 aliphatic rings. The number of fused-ring (bicyclic) bond motifs is 1. The molecule has 206 valence electrons. The number of aromatic nitrogens is 1. The van der Waals surface area contributed by atoms with E-state index in [2.05, 4.69) is 46.4 Å². The minimum Gasteiger partial charge on any atom is -0.490 e. The summed E-state index contributed by atoms with van der Waals surface area (Å²) in [5.74, 6) is 0.808. The highest BCUT2D eigenvalue weighted by Gasteiger charge is 2.26. The summed E-state index contributed by atoms with van der Waals surface area (Å²) in [6.07, 6.45) is 6.69. The Morgan fingerprint density at radius 3 is 2.35 bits per heavy atom. The van der Waals surface area contributed by atoms with Crippen LogP contribution in [0.5, 0.6) is 5.75 Å². The number of nitrogens with one attached hydrogen (secondary N) is 1. The first kappa shape index (κ1) is 25.9. The van der Waals surface area contributed by atoms with E-state index in [-0.39, 0.29) is 29.7 Å². The molecule has 1 N–H and O–H groups in total. The quantitative estimate of drug-likeness (QED) is 0.362. The van der Waals surface area contributed by atoms with Crippen LogP contribution < -0.4 is 15.0 Å². The van der Waals surface area contributed by atoms with E-state index in [9.17, 15) is 9.59 Å². The van der Waals surface area contributed by atoms with Gasteiger partial charge in [0.1, 0.15) is 17.4 Å². The van der Waals surface area contributed by atoms with Crippen LogP contribution in [0.2, 0.25) is 0 Å². The van der Waals surface area contributed by atoms with Gasteiger partial charge >= 0.3 is 0 Å². The summed E-state index contributed by atoms with van der Waals surface area (Å²) in [7, 11) is 0. The molecule has 2 aromatic carbocycles. The van der Waals surface area contributed by atoms with Crippen molar-refractivity contribution < 1.29 is 18.7 Å². The number of nitrogens with zero attached hydrogens (tertiary/aromatic N) is 3. The minimum absolute atomic E-state index is 0.000645. The molecule has 0 spiro atoms. The molecule has 2 fully saturated rings. The number of anilines is 1. The molecular formula is C32H34N4O4. The molecule has 0 radical (unpaired) electrons. The van der Waals surface area contributed by atoms with Gasteiger partial charge in [-0.05, 0) is 62.2 Å². The van der Waals surface area contributed by atoms with Crippen LogP contribution in [0, 0.1) is 6.92 Å². The number of furan rings is 1. The van der Waals surface area contributed by atoms with Gasteiger partial charge in [-0.2, -0.15) is 0 Å². The molecule has 0 bridgehead atoms. The predicted molar refractivity (Wildman–Crippen MR) is 154 cm³/mol. The molecule has 4 aromatic rings. The van der Waals surface area contributed by atoms with Crippen LogP contribution in [0.15, 0.2) is 77.5 Å². The van der Waals surface area contributed by atoms with E-state index in [0.29, 0.717) is 37.1 Å². The molecule has 2 saturated heterocycles. The Morgan fingerprint density at radius 1 is 0.900 bits per heavy atom. The molecule has 0 aliphatic carbocycles. The van der Waals surface area contributed by atoms with Gasteiger partial charge in [0.05, 0.1) is 0 Å². The molecule has 4 heterocycles. The Bertz CT molecular complexity index is 1470. The molecule has 6 rings (SSSR count). The first-order valence-electron chi connectivity index (χ1n) is 14.0. The number of piperidine rings is 2. The monoisotopic (exact) mass is 538 g/mol. The second-order valence-electron chi connectivity index (χ2n) is 10.7. The van der Waals surface area contributed by atoms with E-state index in [1.165, 1.54) is 11.3 Å².